The molecule has 6 aromatic rings. The molecule has 0 saturated heterocycles. The average molecular weight is 899 g/mol. The third-order valence-corrected chi connectivity index (χ3v) is 12.8. The van der Waals surface area contributed by atoms with Crippen LogP contribution in [-0.2, 0) is 41.1 Å². The Balaban J connectivity index is 0.000000293. The zero-order valence-corrected chi connectivity index (χ0v) is 36.2. The molecule has 279 valence electrons. The van der Waals surface area contributed by atoms with E-state index in [0.717, 1.165) is 22.3 Å². The number of pyridine rings is 1. The molecule has 2 aliphatic rings. The van der Waals surface area contributed by atoms with Crippen LogP contribution in [-0.4, -0.2) is 16.8 Å². The maximum Gasteiger partial charge on any atom is 0.151 e. The van der Waals surface area contributed by atoms with Gasteiger partial charge in [0.2, 0.25) is 0 Å². The molecule has 0 bridgehead atoms. The summed E-state index contributed by atoms with van der Waals surface area (Å²) in [5, 5.41) is 12.2. The molecule has 1 saturated carbocycles. The Morgan fingerprint density at radius 1 is 0.830 bits per heavy atom. The molecule has 0 N–H and O–H groups in total. The summed E-state index contributed by atoms with van der Waals surface area (Å²) in [6.07, 6.45) is 12.4. The summed E-state index contributed by atoms with van der Waals surface area (Å²) in [7, 11) is 0. The Kier molecular flexibility index (Phi) is 11.2. The minimum absolute atomic E-state index is 0. The molecule has 2 aromatic heterocycles. The van der Waals surface area contributed by atoms with Crippen molar-refractivity contribution in [3.05, 3.63) is 107 Å². The van der Waals surface area contributed by atoms with E-state index in [2.05, 4.69) is 121 Å². The number of thiophene rings is 1. The van der Waals surface area contributed by atoms with Crippen molar-refractivity contribution in [3.63, 3.8) is 0 Å². The van der Waals surface area contributed by atoms with Gasteiger partial charge in [-0.2, -0.15) is 5.70 Å². The number of ketones is 1. The van der Waals surface area contributed by atoms with E-state index in [1.54, 1.807) is 13.0 Å². The maximum absolute atomic E-state index is 10.8. The molecule has 0 atom stereocenters. The molecule has 0 aliphatic heterocycles. The number of allylic oxidation sites excluding steroid dienone is 2. The molecule has 1 radical (unpaired) electrons. The van der Waals surface area contributed by atoms with E-state index in [9.17, 15) is 4.79 Å². The molecule has 8 rings (SSSR count). The van der Waals surface area contributed by atoms with Crippen LogP contribution in [0.5, 0.6) is 0 Å². The van der Waals surface area contributed by atoms with Gasteiger partial charge in [-0.3, -0.25) is 9.78 Å². The molecule has 1 fully saturated rings. The SMILES string of the molecule is CC(=O)/C=C(/C)[N-]C1CCCCC1.CC(C)(C)c1cc(-c2nccc3c2ccc2c4cc5c(cc4sc32)C(C)(C)CCC5(C)C)[c-]c2ccccc12.[Ir]. The Hall–Kier alpha value is -3.37. The number of carbonyl (C=O) groups is 1. The normalized spacial score (nSPS) is 17.3. The van der Waals surface area contributed by atoms with Crippen molar-refractivity contribution in [1.82, 2.24) is 4.98 Å². The number of rotatable bonds is 4. The van der Waals surface area contributed by atoms with Crippen molar-refractivity contribution in [2.75, 3.05) is 0 Å². The smallest absolute Gasteiger partial charge is 0.151 e. The van der Waals surface area contributed by atoms with Gasteiger partial charge in [-0.15, -0.1) is 46.5 Å². The number of hydrogen-bond donors (Lipinski definition) is 0. The first-order chi connectivity index (χ1) is 24.6. The predicted molar refractivity (Wildman–Crippen MR) is 225 cm³/mol. The minimum atomic E-state index is 0. The van der Waals surface area contributed by atoms with Gasteiger partial charge in [0.25, 0.3) is 0 Å². The quantitative estimate of drug-likeness (QED) is 0.131. The number of hydrogen-bond acceptors (Lipinski definition) is 3. The van der Waals surface area contributed by atoms with Crippen LogP contribution in [0.3, 0.4) is 0 Å². The Morgan fingerprint density at radius 3 is 2.15 bits per heavy atom. The van der Waals surface area contributed by atoms with Crippen molar-refractivity contribution >= 4 is 58.8 Å². The third-order valence-electron chi connectivity index (χ3n) is 11.6. The third kappa shape index (κ3) is 7.91. The topological polar surface area (TPSA) is 44.1 Å². The molecule has 0 spiro atoms. The molecule has 4 aromatic carbocycles. The fraction of sp³-hybridized carbons (Fsp3) is 0.417. The average Bonchev–Trinajstić information content (AvgIpc) is 3.47. The van der Waals surface area contributed by atoms with E-state index < -0.39 is 0 Å². The summed E-state index contributed by atoms with van der Waals surface area (Å²) in [4.78, 5) is 15.7. The van der Waals surface area contributed by atoms with Gasteiger partial charge in [0.1, 0.15) is 0 Å². The van der Waals surface area contributed by atoms with Crippen LogP contribution in [0, 0.1) is 6.07 Å². The van der Waals surface area contributed by atoms with E-state index in [1.807, 2.05) is 24.5 Å². The van der Waals surface area contributed by atoms with Gasteiger partial charge in [-0.25, -0.2) is 0 Å². The van der Waals surface area contributed by atoms with Crippen molar-refractivity contribution in [3.8, 4) is 11.3 Å². The Morgan fingerprint density at radius 2 is 1.47 bits per heavy atom. The van der Waals surface area contributed by atoms with Gasteiger partial charge in [-0.05, 0) is 82.2 Å². The van der Waals surface area contributed by atoms with Crippen molar-refractivity contribution in [1.29, 1.82) is 0 Å². The van der Waals surface area contributed by atoms with Gasteiger partial charge in [-0.1, -0.05) is 129 Å². The minimum Gasteiger partial charge on any atom is -0.685 e. The van der Waals surface area contributed by atoms with Crippen LogP contribution in [0.4, 0.5) is 0 Å². The molecule has 3 nitrogen and oxygen atoms in total. The fourth-order valence-corrected chi connectivity index (χ4v) is 9.82. The fourth-order valence-electron chi connectivity index (χ4n) is 8.57. The zero-order valence-electron chi connectivity index (χ0n) is 33.0. The van der Waals surface area contributed by atoms with Gasteiger partial charge in [0, 0.05) is 52.2 Å². The molecule has 2 heterocycles. The second-order valence-corrected chi connectivity index (χ2v) is 18.7. The number of carbonyl (C=O) groups excluding carboxylic acids is 1. The summed E-state index contributed by atoms with van der Waals surface area (Å²) >= 11 is 1.94. The van der Waals surface area contributed by atoms with Gasteiger partial charge < -0.3 is 5.32 Å². The van der Waals surface area contributed by atoms with E-state index in [-0.39, 0.29) is 42.1 Å². The monoisotopic (exact) mass is 899 g/mol. The summed E-state index contributed by atoms with van der Waals surface area (Å²) < 4.78 is 2.76. The van der Waals surface area contributed by atoms with Crippen LogP contribution >= 0.6 is 11.3 Å². The maximum atomic E-state index is 10.8. The van der Waals surface area contributed by atoms with Gasteiger partial charge in [0.05, 0.1) is 0 Å². The van der Waals surface area contributed by atoms with E-state index in [1.165, 1.54) is 98.0 Å². The van der Waals surface area contributed by atoms with E-state index in [4.69, 9.17) is 4.98 Å². The molecule has 0 unspecified atom stereocenters. The first kappa shape index (κ1) is 39.3. The van der Waals surface area contributed by atoms with Crippen LogP contribution in [0.2, 0.25) is 0 Å². The van der Waals surface area contributed by atoms with E-state index in [0.29, 0.717) is 6.04 Å². The zero-order chi connectivity index (χ0) is 37.0. The second-order valence-electron chi connectivity index (χ2n) is 17.7. The van der Waals surface area contributed by atoms with E-state index >= 15 is 0 Å². The van der Waals surface area contributed by atoms with Crippen LogP contribution in [0.1, 0.15) is 124 Å². The van der Waals surface area contributed by atoms with Crippen LogP contribution in [0.15, 0.2) is 78.6 Å². The largest absolute Gasteiger partial charge is 0.685 e. The molecule has 2 aliphatic carbocycles. The van der Waals surface area contributed by atoms with Crippen LogP contribution in [0.25, 0.3) is 58.3 Å². The molecule has 53 heavy (non-hydrogen) atoms. The van der Waals surface area contributed by atoms with Crippen LogP contribution < -0.4 is 0 Å². The standard InChI is InChI=1S/C37H36NS.C11H19NO.Ir/c1-35(2,3)29-19-23(18-22-10-8-9-11-24(22)29)33-25-12-13-26-28-20-30-31(37(6,7)16-15-36(30,4)5)21-32(28)39-34(26)27(25)14-17-38-33;1-9(8-10(2)13)12-11-6-4-3-5-7-11;/h8-14,17,19-21H,15-16H2,1-7H3;8,11H,3-7H2,1-2H3,(H,12,13);/q-1;;/p-1. The first-order valence-electron chi connectivity index (χ1n) is 19.3. The summed E-state index contributed by atoms with van der Waals surface area (Å²) in [5.41, 5.74) is 7.82. The number of benzene rings is 4. The van der Waals surface area contributed by atoms with Crippen molar-refractivity contribution < 1.29 is 24.9 Å². The summed E-state index contributed by atoms with van der Waals surface area (Å²) in [5.74, 6) is 0.0945. The number of nitrogens with zero attached hydrogens (tertiary/aromatic N) is 2. The summed E-state index contributed by atoms with van der Waals surface area (Å²) in [6.45, 7) is 20.0. The predicted octanol–water partition coefficient (Wildman–Crippen LogP) is 14.1. The Labute approximate surface area is 334 Å². The summed E-state index contributed by atoms with van der Waals surface area (Å²) in [6, 6.07) is 27.0. The van der Waals surface area contributed by atoms with Gasteiger partial charge >= 0.3 is 0 Å². The first-order valence-corrected chi connectivity index (χ1v) is 20.1. The molecular formula is C48H54IrN2OS-2. The van der Waals surface area contributed by atoms with Gasteiger partial charge in [0.15, 0.2) is 5.78 Å². The van der Waals surface area contributed by atoms with Crippen molar-refractivity contribution in [2.24, 2.45) is 0 Å². The Bertz CT molecular complexity index is 2350. The molecular weight excluding hydrogens is 845 g/mol. The van der Waals surface area contributed by atoms with Crippen molar-refractivity contribution in [2.45, 2.75) is 130 Å². The number of aromatic nitrogens is 1. The molecule has 0 amide bonds. The second kappa shape index (κ2) is 15.0. The number of fused-ring (bicyclic) bond motifs is 7. The molecule has 5 heteroatoms.